The van der Waals surface area contributed by atoms with Crippen LogP contribution < -0.4 is 5.32 Å². The maximum absolute atomic E-state index is 11.7. The van der Waals surface area contributed by atoms with Crippen LogP contribution in [-0.4, -0.2) is 5.91 Å². The van der Waals surface area contributed by atoms with Gasteiger partial charge in [-0.3, -0.25) is 4.79 Å². The van der Waals surface area contributed by atoms with Crippen LogP contribution in [0.2, 0.25) is 5.02 Å². The van der Waals surface area contributed by atoms with E-state index in [4.69, 9.17) is 16.9 Å². The number of rotatable bonds is 2. The number of hydrogen-bond donors (Lipinski definition) is 1. The SMILES string of the molecule is N#Cc1cc(NC(=O)c2cccs2)ccc1Cl. The van der Waals surface area contributed by atoms with Crippen molar-refractivity contribution in [2.24, 2.45) is 0 Å². The first-order valence-corrected chi connectivity index (χ1v) is 6.01. The van der Waals surface area contributed by atoms with E-state index in [1.807, 2.05) is 17.5 Å². The Kier molecular flexibility index (Phi) is 3.43. The van der Waals surface area contributed by atoms with Crippen molar-refractivity contribution in [3.8, 4) is 6.07 Å². The van der Waals surface area contributed by atoms with E-state index in [1.165, 1.54) is 11.3 Å². The Hall–Kier alpha value is -1.83. The highest BCUT2D eigenvalue weighted by atomic mass is 35.5. The normalized spacial score (nSPS) is 9.65. The molecule has 0 aliphatic heterocycles. The lowest BCUT2D eigenvalue weighted by Gasteiger charge is -2.04. The van der Waals surface area contributed by atoms with Crippen molar-refractivity contribution in [2.45, 2.75) is 0 Å². The lowest BCUT2D eigenvalue weighted by atomic mass is 10.2. The van der Waals surface area contributed by atoms with Gasteiger partial charge in [0, 0.05) is 5.69 Å². The van der Waals surface area contributed by atoms with Crippen LogP contribution in [0.4, 0.5) is 5.69 Å². The van der Waals surface area contributed by atoms with Gasteiger partial charge in [-0.25, -0.2) is 0 Å². The number of anilines is 1. The molecule has 0 saturated heterocycles. The number of hydrogen-bond acceptors (Lipinski definition) is 3. The fraction of sp³-hybridized carbons (Fsp3) is 0. The molecule has 0 fully saturated rings. The summed E-state index contributed by atoms with van der Waals surface area (Å²) in [5, 5.41) is 13.7. The number of nitriles is 1. The Morgan fingerprint density at radius 2 is 2.24 bits per heavy atom. The second-order valence-electron chi connectivity index (χ2n) is 3.24. The lowest BCUT2D eigenvalue weighted by Crippen LogP contribution is -2.10. The van der Waals surface area contributed by atoms with Crippen molar-refractivity contribution in [1.82, 2.24) is 0 Å². The van der Waals surface area contributed by atoms with Crippen molar-refractivity contribution in [1.29, 1.82) is 5.26 Å². The average Bonchev–Trinajstić information content (AvgIpc) is 2.85. The van der Waals surface area contributed by atoms with E-state index in [0.29, 0.717) is 21.2 Å². The zero-order valence-electron chi connectivity index (χ0n) is 8.61. The van der Waals surface area contributed by atoms with E-state index in [-0.39, 0.29) is 5.91 Å². The van der Waals surface area contributed by atoms with Crippen molar-refractivity contribution in [2.75, 3.05) is 5.32 Å². The molecule has 0 aliphatic carbocycles. The number of benzene rings is 1. The summed E-state index contributed by atoms with van der Waals surface area (Å²) in [4.78, 5) is 12.4. The smallest absolute Gasteiger partial charge is 0.265 e. The van der Waals surface area contributed by atoms with Gasteiger partial charge < -0.3 is 5.32 Å². The third-order valence-electron chi connectivity index (χ3n) is 2.09. The summed E-state index contributed by atoms with van der Waals surface area (Å²) >= 11 is 7.16. The molecule has 0 radical (unpaired) electrons. The van der Waals surface area contributed by atoms with Crippen LogP contribution in [0.15, 0.2) is 35.7 Å². The fourth-order valence-corrected chi connectivity index (χ4v) is 2.07. The van der Waals surface area contributed by atoms with Crippen LogP contribution in [0.5, 0.6) is 0 Å². The second-order valence-corrected chi connectivity index (χ2v) is 4.59. The van der Waals surface area contributed by atoms with Crippen LogP contribution in [0.1, 0.15) is 15.2 Å². The number of nitrogens with one attached hydrogen (secondary N) is 1. The molecule has 0 saturated carbocycles. The highest BCUT2D eigenvalue weighted by Crippen LogP contribution is 2.20. The maximum Gasteiger partial charge on any atom is 0.265 e. The molecule has 3 nitrogen and oxygen atoms in total. The van der Waals surface area contributed by atoms with Crippen molar-refractivity contribution < 1.29 is 4.79 Å². The lowest BCUT2D eigenvalue weighted by molar-refractivity contribution is 0.103. The van der Waals surface area contributed by atoms with Gasteiger partial charge in [0.2, 0.25) is 0 Å². The largest absolute Gasteiger partial charge is 0.321 e. The van der Waals surface area contributed by atoms with Gasteiger partial charge in [0.05, 0.1) is 15.5 Å². The van der Waals surface area contributed by atoms with Crippen LogP contribution in [0.3, 0.4) is 0 Å². The quantitative estimate of drug-likeness (QED) is 0.900. The second kappa shape index (κ2) is 5.00. The Labute approximate surface area is 107 Å². The van der Waals surface area contributed by atoms with Crippen molar-refractivity contribution >= 4 is 34.5 Å². The van der Waals surface area contributed by atoms with Gasteiger partial charge in [-0.1, -0.05) is 17.7 Å². The molecule has 1 aromatic heterocycles. The number of amides is 1. The van der Waals surface area contributed by atoms with Gasteiger partial charge >= 0.3 is 0 Å². The zero-order valence-corrected chi connectivity index (χ0v) is 10.2. The highest BCUT2D eigenvalue weighted by Gasteiger charge is 2.08. The number of carbonyl (C=O) groups is 1. The van der Waals surface area contributed by atoms with Gasteiger partial charge in [0.25, 0.3) is 5.91 Å². The number of carbonyl (C=O) groups excluding carboxylic acids is 1. The third kappa shape index (κ3) is 2.64. The minimum atomic E-state index is -0.189. The molecule has 2 aromatic rings. The summed E-state index contributed by atoms with van der Waals surface area (Å²) in [6, 6.07) is 10.3. The highest BCUT2D eigenvalue weighted by molar-refractivity contribution is 7.12. The van der Waals surface area contributed by atoms with E-state index in [1.54, 1.807) is 24.3 Å². The van der Waals surface area contributed by atoms with E-state index < -0.39 is 0 Å². The summed E-state index contributed by atoms with van der Waals surface area (Å²) in [6.07, 6.45) is 0. The van der Waals surface area contributed by atoms with Crippen LogP contribution in [-0.2, 0) is 0 Å². The summed E-state index contributed by atoms with van der Waals surface area (Å²) in [7, 11) is 0. The average molecular weight is 263 g/mol. The molecule has 1 aromatic carbocycles. The molecule has 1 N–H and O–H groups in total. The van der Waals surface area contributed by atoms with E-state index in [2.05, 4.69) is 5.32 Å². The summed E-state index contributed by atoms with van der Waals surface area (Å²) in [5.41, 5.74) is 0.903. The van der Waals surface area contributed by atoms with Gasteiger partial charge in [-0.15, -0.1) is 11.3 Å². The van der Waals surface area contributed by atoms with Crippen molar-refractivity contribution in [3.05, 3.63) is 51.2 Å². The Bertz CT molecular complexity index is 587. The molecule has 0 aliphatic rings. The number of halogens is 1. The molecule has 1 heterocycles. The molecule has 1 amide bonds. The third-order valence-corrected chi connectivity index (χ3v) is 3.29. The van der Waals surface area contributed by atoms with E-state index in [0.717, 1.165) is 0 Å². The molecular formula is C12H7ClN2OS. The first-order valence-electron chi connectivity index (χ1n) is 4.75. The molecule has 0 atom stereocenters. The first-order chi connectivity index (χ1) is 8.20. The van der Waals surface area contributed by atoms with Gasteiger partial charge in [-0.2, -0.15) is 5.26 Å². The molecule has 5 heteroatoms. The predicted molar refractivity (Wildman–Crippen MR) is 68.4 cm³/mol. The minimum Gasteiger partial charge on any atom is -0.321 e. The standard InChI is InChI=1S/C12H7ClN2OS/c13-10-4-3-9(6-8(10)7-14)15-12(16)11-2-1-5-17-11/h1-6H,(H,15,16). The Balaban J connectivity index is 2.20. The Morgan fingerprint density at radius 3 is 2.88 bits per heavy atom. The Morgan fingerprint density at radius 1 is 1.41 bits per heavy atom. The summed E-state index contributed by atoms with van der Waals surface area (Å²) in [6.45, 7) is 0. The van der Waals surface area contributed by atoms with E-state index >= 15 is 0 Å². The van der Waals surface area contributed by atoms with Crippen LogP contribution >= 0.6 is 22.9 Å². The number of thiophene rings is 1. The molecule has 2 rings (SSSR count). The predicted octanol–water partition coefficient (Wildman–Crippen LogP) is 3.53. The van der Waals surface area contributed by atoms with Gasteiger partial charge in [-0.05, 0) is 29.6 Å². The molecule has 17 heavy (non-hydrogen) atoms. The monoisotopic (exact) mass is 262 g/mol. The molecule has 84 valence electrons. The topological polar surface area (TPSA) is 52.9 Å². The summed E-state index contributed by atoms with van der Waals surface area (Å²) in [5.74, 6) is -0.189. The minimum absolute atomic E-state index is 0.189. The van der Waals surface area contributed by atoms with Gasteiger partial charge in [0.1, 0.15) is 6.07 Å². The van der Waals surface area contributed by atoms with Crippen molar-refractivity contribution in [3.63, 3.8) is 0 Å². The first kappa shape index (κ1) is 11.6. The number of nitrogens with zero attached hydrogens (tertiary/aromatic N) is 1. The molecule has 0 spiro atoms. The van der Waals surface area contributed by atoms with E-state index in [9.17, 15) is 4.79 Å². The van der Waals surface area contributed by atoms with Crippen LogP contribution in [0.25, 0.3) is 0 Å². The maximum atomic E-state index is 11.7. The molecular weight excluding hydrogens is 256 g/mol. The molecule has 0 bridgehead atoms. The van der Waals surface area contributed by atoms with Gasteiger partial charge in [0.15, 0.2) is 0 Å². The summed E-state index contributed by atoms with van der Waals surface area (Å²) < 4.78 is 0. The fourth-order valence-electron chi connectivity index (χ4n) is 1.29. The molecule has 0 unspecified atom stereocenters. The zero-order chi connectivity index (χ0) is 12.3. The van der Waals surface area contributed by atoms with Crippen LogP contribution in [0, 0.1) is 11.3 Å².